The minimum Gasteiger partial charge on any atom is -0.387 e. The Morgan fingerprint density at radius 3 is 2.76 bits per heavy atom. The fourth-order valence-electron chi connectivity index (χ4n) is 3.37. The van der Waals surface area contributed by atoms with E-state index in [1.54, 1.807) is 18.2 Å². The van der Waals surface area contributed by atoms with Crippen molar-refractivity contribution in [2.45, 2.75) is 31.5 Å². The fourth-order valence-corrected chi connectivity index (χ4v) is 3.79. The van der Waals surface area contributed by atoms with Crippen molar-refractivity contribution >= 4 is 23.2 Å². The first-order valence-electron chi connectivity index (χ1n) is 8.74. The highest BCUT2D eigenvalue weighted by atomic mass is 35.5. The predicted octanol–water partition coefficient (Wildman–Crippen LogP) is 4.28. The van der Waals surface area contributed by atoms with Gasteiger partial charge in [-0.05, 0) is 43.1 Å². The topological polar surface area (TPSA) is 35.5 Å². The van der Waals surface area contributed by atoms with Gasteiger partial charge in [-0.25, -0.2) is 0 Å². The van der Waals surface area contributed by atoms with E-state index < -0.39 is 6.10 Å². The van der Waals surface area contributed by atoms with Gasteiger partial charge in [0.2, 0.25) is 0 Å². The number of benzene rings is 2. The summed E-state index contributed by atoms with van der Waals surface area (Å²) in [4.78, 5) is 2.47. The van der Waals surface area contributed by atoms with Gasteiger partial charge < -0.3 is 10.4 Å². The Hall–Kier alpha value is -1.10. The third-order valence-electron chi connectivity index (χ3n) is 4.67. The molecular weight excluding hydrogens is 355 g/mol. The van der Waals surface area contributed by atoms with Crippen LogP contribution in [0.3, 0.4) is 0 Å². The first-order valence-corrected chi connectivity index (χ1v) is 9.50. The molecule has 25 heavy (non-hydrogen) atoms. The molecule has 0 spiro atoms. The molecule has 2 aromatic carbocycles. The number of nitrogens with one attached hydrogen (secondary N) is 1. The molecule has 5 heteroatoms. The molecular formula is C20H24Cl2N2O. The summed E-state index contributed by atoms with van der Waals surface area (Å²) in [6.45, 7) is 3.56. The maximum Gasteiger partial charge on any atom is 0.0929 e. The minimum absolute atomic E-state index is 0.380. The van der Waals surface area contributed by atoms with Crippen molar-refractivity contribution in [1.82, 2.24) is 10.2 Å². The summed E-state index contributed by atoms with van der Waals surface area (Å²) in [5.41, 5.74) is 2.02. The fraction of sp³-hybridized carbons (Fsp3) is 0.400. The van der Waals surface area contributed by atoms with Crippen LogP contribution in [0.1, 0.15) is 30.1 Å². The molecule has 0 bridgehead atoms. The molecule has 1 saturated heterocycles. The van der Waals surface area contributed by atoms with E-state index in [4.69, 9.17) is 23.2 Å². The molecule has 0 aromatic heterocycles. The molecule has 1 aliphatic rings. The van der Waals surface area contributed by atoms with Crippen LogP contribution in [0.25, 0.3) is 0 Å². The molecule has 1 heterocycles. The highest BCUT2D eigenvalue weighted by molar-refractivity contribution is 6.33. The standard InChI is InChI=1S/C20H24Cl2N2O/c21-16-8-9-19(22)18(11-16)20(25)12-23-17-7-4-10-24(14-17)13-15-5-2-1-3-6-15/h1-3,5-6,8-9,11,17,20,23,25H,4,7,10,12-14H2. The van der Waals surface area contributed by atoms with E-state index in [2.05, 4.69) is 34.5 Å². The van der Waals surface area contributed by atoms with Crippen molar-refractivity contribution in [3.63, 3.8) is 0 Å². The average Bonchev–Trinajstić information content (AvgIpc) is 2.63. The van der Waals surface area contributed by atoms with E-state index >= 15 is 0 Å². The largest absolute Gasteiger partial charge is 0.387 e. The summed E-state index contributed by atoms with van der Waals surface area (Å²) in [5, 5.41) is 15.1. The molecule has 134 valence electrons. The van der Waals surface area contributed by atoms with Crippen molar-refractivity contribution in [2.24, 2.45) is 0 Å². The Kier molecular flexibility index (Phi) is 6.74. The molecule has 1 fully saturated rings. The van der Waals surface area contributed by atoms with Crippen LogP contribution in [0.5, 0.6) is 0 Å². The highest BCUT2D eigenvalue weighted by Crippen LogP contribution is 2.26. The molecule has 0 aliphatic carbocycles. The molecule has 3 rings (SSSR count). The smallest absolute Gasteiger partial charge is 0.0929 e. The lowest BCUT2D eigenvalue weighted by Crippen LogP contribution is -2.46. The van der Waals surface area contributed by atoms with Crippen molar-refractivity contribution in [2.75, 3.05) is 19.6 Å². The summed E-state index contributed by atoms with van der Waals surface area (Å²) in [6, 6.07) is 16.1. The van der Waals surface area contributed by atoms with Gasteiger partial charge in [0.1, 0.15) is 0 Å². The van der Waals surface area contributed by atoms with Gasteiger partial charge >= 0.3 is 0 Å². The lowest BCUT2D eigenvalue weighted by Gasteiger charge is -2.33. The SMILES string of the molecule is OC(CNC1CCCN(Cc2ccccc2)C1)c1cc(Cl)ccc1Cl. The van der Waals surface area contributed by atoms with Crippen LogP contribution in [0.4, 0.5) is 0 Å². The Morgan fingerprint density at radius 1 is 1.16 bits per heavy atom. The van der Waals surface area contributed by atoms with Crippen LogP contribution in [0.2, 0.25) is 10.0 Å². The lowest BCUT2D eigenvalue weighted by molar-refractivity contribution is 0.144. The van der Waals surface area contributed by atoms with Crippen LogP contribution in [0.15, 0.2) is 48.5 Å². The summed E-state index contributed by atoms with van der Waals surface area (Å²) < 4.78 is 0. The molecule has 2 aromatic rings. The Bertz CT molecular complexity index is 681. The number of nitrogens with zero attached hydrogens (tertiary/aromatic N) is 1. The van der Waals surface area contributed by atoms with E-state index in [0.29, 0.717) is 28.2 Å². The van der Waals surface area contributed by atoms with Gasteiger partial charge in [-0.3, -0.25) is 4.90 Å². The molecule has 2 unspecified atom stereocenters. The van der Waals surface area contributed by atoms with Crippen LogP contribution < -0.4 is 5.32 Å². The quantitative estimate of drug-likeness (QED) is 0.787. The van der Waals surface area contributed by atoms with Crippen molar-refractivity contribution in [3.8, 4) is 0 Å². The first kappa shape index (κ1) is 18.7. The van der Waals surface area contributed by atoms with Crippen molar-refractivity contribution in [3.05, 3.63) is 69.7 Å². The number of likely N-dealkylation sites (tertiary alicyclic amines) is 1. The number of rotatable bonds is 6. The van der Waals surface area contributed by atoms with E-state index in [1.165, 1.54) is 12.0 Å². The molecule has 0 saturated carbocycles. The molecule has 3 nitrogen and oxygen atoms in total. The highest BCUT2D eigenvalue weighted by Gasteiger charge is 2.21. The van der Waals surface area contributed by atoms with E-state index in [0.717, 1.165) is 26.1 Å². The summed E-state index contributed by atoms with van der Waals surface area (Å²) in [5.74, 6) is 0. The van der Waals surface area contributed by atoms with Crippen LogP contribution >= 0.6 is 23.2 Å². The summed E-state index contributed by atoms with van der Waals surface area (Å²) in [6.07, 6.45) is 1.63. The van der Waals surface area contributed by atoms with Gasteiger partial charge in [0, 0.05) is 41.3 Å². The zero-order chi connectivity index (χ0) is 17.6. The monoisotopic (exact) mass is 378 g/mol. The number of halogens is 2. The number of hydrogen-bond donors (Lipinski definition) is 2. The molecule has 2 atom stereocenters. The number of hydrogen-bond acceptors (Lipinski definition) is 3. The van der Waals surface area contributed by atoms with Crippen LogP contribution in [-0.2, 0) is 6.54 Å². The second-order valence-corrected chi connectivity index (χ2v) is 7.49. The van der Waals surface area contributed by atoms with E-state index in [1.807, 2.05) is 6.07 Å². The average molecular weight is 379 g/mol. The van der Waals surface area contributed by atoms with Crippen LogP contribution in [0, 0.1) is 0 Å². The summed E-state index contributed by atoms with van der Waals surface area (Å²) in [7, 11) is 0. The summed E-state index contributed by atoms with van der Waals surface area (Å²) >= 11 is 12.2. The zero-order valence-corrected chi connectivity index (χ0v) is 15.7. The van der Waals surface area contributed by atoms with Gasteiger partial charge in [-0.1, -0.05) is 53.5 Å². The normalized spacial score (nSPS) is 19.7. The molecule has 2 N–H and O–H groups in total. The van der Waals surface area contributed by atoms with Gasteiger partial charge in [0.15, 0.2) is 0 Å². The third-order valence-corrected chi connectivity index (χ3v) is 5.25. The Labute approximate surface area is 159 Å². The van der Waals surface area contributed by atoms with Gasteiger partial charge in [0.25, 0.3) is 0 Å². The maximum absolute atomic E-state index is 10.4. The molecule has 0 radical (unpaired) electrons. The lowest BCUT2D eigenvalue weighted by atomic mass is 10.0. The van der Waals surface area contributed by atoms with Gasteiger partial charge in [-0.2, -0.15) is 0 Å². The number of aliphatic hydroxyl groups excluding tert-OH is 1. The zero-order valence-electron chi connectivity index (χ0n) is 14.2. The minimum atomic E-state index is -0.657. The van der Waals surface area contributed by atoms with E-state index in [-0.39, 0.29) is 0 Å². The number of aliphatic hydroxyl groups is 1. The predicted molar refractivity (Wildman–Crippen MR) is 104 cm³/mol. The van der Waals surface area contributed by atoms with Gasteiger partial charge in [0.05, 0.1) is 6.10 Å². The molecule has 1 aliphatic heterocycles. The van der Waals surface area contributed by atoms with Crippen molar-refractivity contribution in [1.29, 1.82) is 0 Å². The Morgan fingerprint density at radius 2 is 1.96 bits per heavy atom. The number of piperidine rings is 1. The Balaban J connectivity index is 1.51. The van der Waals surface area contributed by atoms with Crippen LogP contribution in [-0.4, -0.2) is 35.7 Å². The van der Waals surface area contributed by atoms with Gasteiger partial charge in [-0.15, -0.1) is 0 Å². The maximum atomic E-state index is 10.4. The second-order valence-electron chi connectivity index (χ2n) is 6.65. The first-order chi connectivity index (χ1) is 12.1. The van der Waals surface area contributed by atoms with E-state index in [9.17, 15) is 5.11 Å². The van der Waals surface area contributed by atoms with Crippen molar-refractivity contribution < 1.29 is 5.11 Å². The third kappa shape index (κ3) is 5.44. The molecule has 0 amide bonds. The second kappa shape index (κ2) is 9.02.